The standard InChI is InChI=1S/C16H26N4/c1-12(17)9-13-10-18-16(19-11-13)20-8-4-7-15(20)14-5-2-3-6-14/h10-12,14-15H,2-9,17H2,1H3. The van der Waals surface area contributed by atoms with E-state index >= 15 is 0 Å². The van der Waals surface area contributed by atoms with E-state index in [0.717, 1.165) is 30.4 Å². The number of hydrogen-bond donors (Lipinski definition) is 1. The van der Waals surface area contributed by atoms with E-state index in [1.807, 2.05) is 19.3 Å². The van der Waals surface area contributed by atoms with Crippen LogP contribution in [0.4, 0.5) is 5.95 Å². The van der Waals surface area contributed by atoms with Gasteiger partial charge in [0.05, 0.1) is 0 Å². The summed E-state index contributed by atoms with van der Waals surface area (Å²) in [6.45, 7) is 3.14. The van der Waals surface area contributed by atoms with Crippen LogP contribution in [0.3, 0.4) is 0 Å². The highest BCUT2D eigenvalue weighted by Gasteiger charge is 2.34. The molecule has 20 heavy (non-hydrogen) atoms. The van der Waals surface area contributed by atoms with Gasteiger partial charge >= 0.3 is 0 Å². The van der Waals surface area contributed by atoms with Crippen LogP contribution in [0.25, 0.3) is 0 Å². The molecule has 2 heterocycles. The van der Waals surface area contributed by atoms with E-state index in [0.29, 0.717) is 6.04 Å². The summed E-state index contributed by atoms with van der Waals surface area (Å²) in [6, 6.07) is 0.847. The van der Waals surface area contributed by atoms with Crippen molar-refractivity contribution in [3.8, 4) is 0 Å². The molecule has 3 rings (SSSR count). The Bertz CT molecular complexity index is 423. The highest BCUT2D eigenvalue weighted by atomic mass is 15.3. The zero-order valence-electron chi connectivity index (χ0n) is 12.5. The summed E-state index contributed by atoms with van der Waals surface area (Å²) in [5.41, 5.74) is 6.96. The fraction of sp³-hybridized carbons (Fsp3) is 0.750. The highest BCUT2D eigenvalue weighted by Crippen LogP contribution is 2.36. The predicted molar refractivity (Wildman–Crippen MR) is 81.7 cm³/mol. The average Bonchev–Trinajstić information content (AvgIpc) is 3.09. The summed E-state index contributed by atoms with van der Waals surface area (Å²) in [7, 11) is 0. The van der Waals surface area contributed by atoms with Crippen molar-refractivity contribution in [2.75, 3.05) is 11.4 Å². The Labute approximate surface area is 121 Å². The Morgan fingerprint density at radius 1 is 1.20 bits per heavy atom. The largest absolute Gasteiger partial charge is 0.338 e. The van der Waals surface area contributed by atoms with Crippen molar-refractivity contribution in [2.24, 2.45) is 11.7 Å². The molecule has 0 amide bonds. The molecule has 110 valence electrons. The fourth-order valence-electron chi connectivity index (χ4n) is 3.85. The van der Waals surface area contributed by atoms with Crippen LogP contribution in [-0.4, -0.2) is 28.6 Å². The second kappa shape index (κ2) is 6.08. The minimum absolute atomic E-state index is 0.169. The van der Waals surface area contributed by atoms with Crippen LogP contribution in [0.5, 0.6) is 0 Å². The Balaban J connectivity index is 1.70. The number of aromatic nitrogens is 2. The van der Waals surface area contributed by atoms with E-state index in [-0.39, 0.29) is 6.04 Å². The Kier molecular flexibility index (Phi) is 4.20. The quantitative estimate of drug-likeness (QED) is 0.916. The highest BCUT2D eigenvalue weighted by molar-refractivity contribution is 5.34. The van der Waals surface area contributed by atoms with Crippen molar-refractivity contribution in [3.05, 3.63) is 18.0 Å². The lowest BCUT2D eigenvalue weighted by Gasteiger charge is -2.29. The van der Waals surface area contributed by atoms with Gasteiger partial charge in [-0.3, -0.25) is 0 Å². The number of nitrogens with two attached hydrogens (primary N) is 1. The van der Waals surface area contributed by atoms with Crippen molar-refractivity contribution in [3.63, 3.8) is 0 Å². The lowest BCUT2D eigenvalue weighted by Crippen LogP contribution is -2.35. The summed E-state index contributed by atoms with van der Waals surface area (Å²) >= 11 is 0. The van der Waals surface area contributed by atoms with Gasteiger partial charge in [-0.2, -0.15) is 0 Å². The smallest absolute Gasteiger partial charge is 0.225 e. The molecular weight excluding hydrogens is 248 g/mol. The molecule has 2 N–H and O–H groups in total. The third-order valence-corrected chi connectivity index (χ3v) is 4.75. The van der Waals surface area contributed by atoms with Gasteiger partial charge in [0.2, 0.25) is 5.95 Å². The second-order valence-electron chi connectivity index (χ2n) is 6.52. The van der Waals surface area contributed by atoms with Crippen LogP contribution in [-0.2, 0) is 6.42 Å². The monoisotopic (exact) mass is 274 g/mol. The molecule has 1 aliphatic carbocycles. The molecule has 2 unspecified atom stereocenters. The molecule has 1 aliphatic heterocycles. The van der Waals surface area contributed by atoms with Crippen LogP contribution in [0.15, 0.2) is 12.4 Å². The first-order valence-corrected chi connectivity index (χ1v) is 8.07. The lowest BCUT2D eigenvalue weighted by atomic mass is 9.96. The first-order chi connectivity index (χ1) is 9.74. The van der Waals surface area contributed by atoms with Gasteiger partial charge in [-0.25, -0.2) is 9.97 Å². The SMILES string of the molecule is CC(N)Cc1cnc(N2CCCC2C2CCCC2)nc1. The maximum atomic E-state index is 5.82. The first kappa shape index (κ1) is 13.8. The Morgan fingerprint density at radius 3 is 2.55 bits per heavy atom. The minimum Gasteiger partial charge on any atom is -0.338 e. The van der Waals surface area contributed by atoms with Gasteiger partial charge in [-0.05, 0) is 50.5 Å². The third-order valence-electron chi connectivity index (χ3n) is 4.75. The molecule has 0 spiro atoms. The van der Waals surface area contributed by atoms with E-state index in [4.69, 9.17) is 5.73 Å². The van der Waals surface area contributed by atoms with Crippen LogP contribution >= 0.6 is 0 Å². The molecule has 1 aromatic heterocycles. The molecule has 2 atom stereocenters. The summed E-state index contributed by atoms with van der Waals surface area (Å²) < 4.78 is 0. The van der Waals surface area contributed by atoms with E-state index in [1.54, 1.807) is 0 Å². The second-order valence-corrected chi connectivity index (χ2v) is 6.52. The van der Waals surface area contributed by atoms with Gasteiger partial charge in [-0.15, -0.1) is 0 Å². The van der Waals surface area contributed by atoms with E-state index < -0.39 is 0 Å². The van der Waals surface area contributed by atoms with Crippen LogP contribution in [0.1, 0.15) is 51.0 Å². The normalized spacial score (nSPS) is 25.3. The molecule has 4 nitrogen and oxygen atoms in total. The average molecular weight is 274 g/mol. The van der Waals surface area contributed by atoms with Crippen molar-refractivity contribution in [1.82, 2.24) is 9.97 Å². The number of hydrogen-bond acceptors (Lipinski definition) is 4. The maximum Gasteiger partial charge on any atom is 0.225 e. The fourth-order valence-corrected chi connectivity index (χ4v) is 3.85. The summed E-state index contributed by atoms with van der Waals surface area (Å²) in [6.07, 6.45) is 13.0. The van der Waals surface area contributed by atoms with Gasteiger partial charge < -0.3 is 10.6 Å². The molecule has 2 fully saturated rings. The van der Waals surface area contributed by atoms with Gasteiger partial charge in [0.25, 0.3) is 0 Å². The molecule has 1 aromatic rings. The molecule has 0 radical (unpaired) electrons. The zero-order chi connectivity index (χ0) is 13.9. The minimum atomic E-state index is 0.169. The van der Waals surface area contributed by atoms with Gasteiger partial charge in [0, 0.05) is 31.0 Å². The molecule has 0 aromatic carbocycles. The van der Waals surface area contributed by atoms with E-state index in [1.165, 1.54) is 38.5 Å². The number of nitrogens with zero attached hydrogens (tertiary/aromatic N) is 3. The van der Waals surface area contributed by atoms with Crippen molar-refractivity contribution >= 4 is 5.95 Å². The molecular formula is C16H26N4. The predicted octanol–water partition coefficient (Wildman–Crippen LogP) is 2.53. The number of anilines is 1. The Morgan fingerprint density at radius 2 is 1.90 bits per heavy atom. The van der Waals surface area contributed by atoms with Crippen LogP contribution < -0.4 is 10.6 Å². The van der Waals surface area contributed by atoms with Crippen molar-refractivity contribution in [1.29, 1.82) is 0 Å². The Hall–Kier alpha value is -1.16. The van der Waals surface area contributed by atoms with E-state index in [2.05, 4.69) is 14.9 Å². The van der Waals surface area contributed by atoms with Crippen molar-refractivity contribution < 1.29 is 0 Å². The summed E-state index contributed by atoms with van der Waals surface area (Å²) in [4.78, 5) is 11.6. The molecule has 2 aliphatic rings. The van der Waals surface area contributed by atoms with Crippen LogP contribution in [0.2, 0.25) is 0 Å². The first-order valence-electron chi connectivity index (χ1n) is 8.07. The maximum absolute atomic E-state index is 5.82. The van der Waals surface area contributed by atoms with Crippen LogP contribution in [0, 0.1) is 5.92 Å². The summed E-state index contributed by atoms with van der Waals surface area (Å²) in [5.74, 6) is 1.79. The molecule has 4 heteroatoms. The molecule has 0 bridgehead atoms. The van der Waals surface area contributed by atoms with Gasteiger partial charge in [-0.1, -0.05) is 12.8 Å². The topological polar surface area (TPSA) is 55.0 Å². The molecule has 1 saturated heterocycles. The van der Waals surface area contributed by atoms with E-state index in [9.17, 15) is 0 Å². The number of rotatable bonds is 4. The van der Waals surface area contributed by atoms with Gasteiger partial charge in [0.1, 0.15) is 0 Å². The molecule has 1 saturated carbocycles. The summed E-state index contributed by atoms with van der Waals surface area (Å²) in [5, 5.41) is 0. The lowest BCUT2D eigenvalue weighted by molar-refractivity contribution is 0.427. The van der Waals surface area contributed by atoms with Crippen molar-refractivity contribution in [2.45, 2.75) is 64.0 Å². The zero-order valence-corrected chi connectivity index (χ0v) is 12.5. The third kappa shape index (κ3) is 2.95. The van der Waals surface area contributed by atoms with Gasteiger partial charge in [0.15, 0.2) is 0 Å².